The molecule has 1 aromatic heterocycles. The van der Waals surface area contributed by atoms with Gasteiger partial charge in [0.1, 0.15) is 5.82 Å². The Morgan fingerprint density at radius 3 is 2.80 bits per heavy atom. The van der Waals surface area contributed by atoms with Crippen LogP contribution in [0, 0.1) is 17.1 Å². The predicted octanol–water partition coefficient (Wildman–Crippen LogP) is 4.91. The van der Waals surface area contributed by atoms with Crippen molar-refractivity contribution in [2.45, 2.75) is 19.0 Å². The number of hydrogen-bond acceptors (Lipinski definition) is 3. The average molecular weight is 348 g/mol. The van der Waals surface area contributed by atoms with E-state index in [2.05, 4.69) is 34.5 Å². The Bertz CT molecular complexity index is 927. The maximum Gasteiger partial charge on any atom is 0.127 e. The molecule has 3 aromatic rings. The molecule has 2 aromatic carbocycles. The Morgan fingerprint density at radius 2 is 2.00 bits per heavy atom. The molecule has 0 N–H and O–H groups in total. The zero-order valence-electron chi connectivity index (χ0n) is 13.7. The molecule has 0 fully saturated rings. The van der Waals surface area contributed by atoms with E-state index in [0.29, 0.717) is 17.7 Å². The van der Waals surface area contributed by atoms with Crippen molar-refractivity contribution in [1.82, 2.24) is 4.90 Å². The summed E-state index contributed by atoms with van der Waals surface area (Å²) >= 11 is 1.80. The summed E-state index contributed by atoms with van der Waals surface area (Å²) in [5.41, 5.74) is 3.62. The van der Waals surface area contributed by atoms with Crippen LogP contribution in [0.3, 0.4) is 0 Å². The first-order valence-electron chi connectivity index (χ1n) is 8.30. The number of halogens is 1. The van der Waals surface area contributed by atoms with E-state index in [-0.39, 0.29) is 11.9 Å². The fourth-order valence-corrected chi connectivity index (χ4v) is 4.45. The number of rotatable bonds is 3. The summed E-state index contributed by atoms with van der Waals surface area (Å²) in [5.74, 6) is -0.248. The zero-order valence-corrected chi connectivity index (χ0v) is 14.5. The Balaban J connectivity index is 1.72. The van der Waals surface area contributed by atoms with E-state index in [0.717, 1.165) is 13.0 Å². The van der Waals surface area contributed by atoms with Crippen molar-refractivity contribution in [3.63, 3.8) is 0 Å². The largest absolute Gasteiger partial charge is 0.288 e. The topological polar surface area (TPSA) is 27.0 Å². The van der Waals surface area contributed by atoms with Gasteiger partial charge in [-0.3, -0.25) is 4.90 Å². The van der Waals surface area contributed by atoms with Gasteiger partial charge in [0.2, 0.25) is 0 Å². The number of nitriles is 1. The number of fused-ring (bicyclic) bond motifs is 1. The standard InChI is InChI=1S/C21H17FN2S/c22-19-7-6-15(13-23)12-17(19)14-24-10-8-20-18(9-11-25-20)21(24)16-4-2-1-3-5-16/h1-7,9,11-12,21H,8,10,14H2. The van der Waals surface area contributed by atoms with Crippen LogP contribution in [0.15, 0.2) is 60.0 Å². The first-order chi connectivity index (χ1) is 12.3. The van der Waals surface area contributed by atoms with Gasteiger partial charge >= 0.3 is 0 Å². The van der Waals surface area contributed by atoms with Gasteiger partial charge in [0.15, 0.2) is 0 Å². The van der Waals surface area contributed by atoms with E-state index in [9.17, 15) is 4.39 Å². The highest BCUT2D eigenvalue weighted by Gasteiger charge is 2.30. The molecular weight excluding hydrogens is 331 g/mol. The molecular formula is C21H17FN2S. The summed E-state index contributed by atoms with van der Waals surface area (Å²) in [6.07, 6.45) is 0.982. The molecule has 1 aliphatic rings. The van der Waals surface area contributed by atoms with E-state index in [4.69, 9.17) is 5.26 Å². The third-order valence-electron chi connectivity index (χ3n) is 4.73. The lowest BCUT2D eigenvalue weighted by atomic mass is 9.92. The summed E-state index contributed by atoms with van der Waals surface area (Å²) in [5, 5.41) is 11.2. The van der Waals surface area contributed by atoms with Crippen LogP contribution < -0.4 is 0 Å². The molecule has 0 saturated heterocycles. The quantitative estimate of drug-likeness (QED) is 0.673. The smallest absolute Gasteiger partial charge is 0.127 e. The molecule has 124 valence electrons. The van der Waals surface area contributed by atoms with Crippen molar-refractivity contribution in [1.29, 1.82) is 5.26 Å². The van der Waals surface area contributed by atoms with Gasteiger partial charge in [0.05, 0.1) is 17.7 Å². The average Bonchev–Trinajstić information content (AvgIpc) is 3.12. The van der Waals surface area contributed by atoms with Gasteiger partial charge in [-0.05, 0) is 47.2 Å². The molecule has 0 radical (unpaired) electrons. The summed E-state index contributed by atoms with van der Waals surface area (Å²) in [4.78, 5) is 3.72. The van der Waals surface area contributed by atoms with Crippen molar-refractivity contribution in [2.24, 2.45) is 0 Å². The lowest BCUT2D eigenvalue weighted by Crippen LogP contribution is -2.35. The molecule has 1 unspecified atom stereocenters. The van der Waals surface area contributed by atoms with Crippen molar-refractivity contribution >= 4 is 11.3 Å². The van der Waals surface area contributed by atoms with Gasteiger partial charge in [0.25, 0.3) is 0 Å². The summed E-state index contributed by atoms with van der Waals surface area (Å²) in [6, 6.07) is 19.4. The summed E-state index contributed by atoms with van der Waals surface area (Å²) in [7, 11) is 0. The minimum Gasteiger partial charge on any atom is -0.288 e. The molecule has 0 aliphatic carbocycles. The molecule has 1 atom stereocenters. The number of hydrogen-bond donors (Lipinski definition) is 0. The monoisotopic (exact) mass is 348 g/mol. The third kappa shape index (κ3) is 3.09. The van der Waals surface area contributed by atoms with Gasteiger partial charge in [0, 0.05) is 23.5 Å². The number of thiophene rings is 1. The highest BCUT2D eigenvalue weighted by atomic mass is 32.1. The second-order valence-electron chi connectivity index (χ2n) is 6.25. The van der Waals surface area contributed by atoms with E-state index in [1.165, 1.54) is 28.1 Å². The van der Waals surface area contributed by atoms with Crippen molar-refractivity contribution < 1.29 is 4.39 Å². The molecule has 2 nitrogen and oxygen atoms in total. The van der Waals surface area contributed by atoms with Crippen molar-refractivity contribution in [3.05, 3.63) is 92.9 Å². The van der Waals surface area contributed by atoms with Crippen LogP contribution in [0.5, 0.6) is 0 Å². The van der Waals surface area contributed by atoms with Crippen molar-refractivity contribution in [2.75, 3.05) is 6.54 Å². The van der Waals surface area contributed by atoms with Crippen LogP contribution in [0.4, 0.5) is 4.39 Å². The van der Waals surface area contributed by atoms with Gasteiger partial charge in [-0.1, -0.05) is 30.3 Å². The molecule has 4 heteroatoms. The second kappa shape index (κ2) is 6.79. The van der Waals surface area contributed by atoms with Crippen LogP contribution in [0.1, 0.15) is 33.2 Å². The van der Waals surface area contributed by atoms with Gasteiger partial charge in [-0.15, -0.1) is 11.3 Å². The molecule has 0 spiro atoms. The first-order valence-corrected chi connectivity index (χ1v) is 9.18. The van der Waals surface area contributed by atoms with Crippen LogP contribution in [0.25, 0.3) is 0 Å². The van der Waals surface area contributed by atoms with E-state index in [1.807, 2.05) is 18.2 Å². The summed E-state index contributed by atoms with van der Waals surface area (Å²) in [6.45, 7) is 1.37. The Morgan fingerprint density at radius 1 is 1.16 bits per heavy atom. The minimum absolute atomic E-state index is 0.126. The molecule has 4 rings (SSSR count). The lowest BCUT2D eigenvalue weighted by molar-refractivity contribution is 0.203. The van der Waals surface area contributed by atoms with Gasteiger partial charge in [-0.25, -0.2) is 4.39 Å². The third-order valence-corrected chi connectivity index (χ3v) is 5.73. The molecule has 1 aliphatic heterocycles. The maximum absolute atomic E-state index is 14.3. The van der Waals surface area contributed by atoms with Crippen LogP contribution in [0.2, 0.25) is 0 Å². The second-order valence-corrected chi connectivity index (χ2v) is 7.25. The van der Waals surface area contributed by atoms with Crippen LogP contribution in [-0.2, 0) is 13.0 Å². The van der Waals surface area contributed by atoms with E-state index < -0.39 is 0 Å². The number of benzene rings is 2. The van der Waals surface area contributed by atoms with Gasteiger partial charge in [-0.2, -0.15) is 5.26 Å². The van der Waals surface area contributed by atoms with Crippen LogP contribution >= 0.6 is 11.3 Å². The van der Waals surface area contributed by atoms with Gasteiger partial charge < -0.3 is 0 Å². The zero-order chi connectivity index (χ0) is 17.2. The lowest BCUT2D eigenvalue weighted by Gasteiger charge is -2.36. The molecule has 0 saturated carbocycles. The van der Waals surface area contributed by atoms with Crippen LogP contribution in [-0.4, -0.2) is 11.4 Å². The first kappa shape index (κ1) is 16.0. The SMILES string of the molecule is N#Cc1ccc(F)c(CN2CCc3sccc3C2c2ccccc2)c1. The molecule has 2 heterocycles. The molecule has 25 heavy (non-hydrogen) atoms. The molecule has 0 amide bonds. The normalized spacial score (nSPS) is 17.0. The molecule has 0 bridgehead atoms. The highest BCUT2D eigenvalue weighted by Crippen LogP contribution is 2.38. The predicted molar refractivity (Wildman–Crippen MR) is 97.8 cm³/mol. The Kier molecular flexibility index (Phi) is 4.35. The minimum atomic E-state index is -0.248. The van der Waals surface area contributed by atoms with E-state index in [1.54, 1.807) is 17.4 Å². The highest BCUT2D eigenvalue weighted by molar-refractivity contribution is 7.10. The maximum atomic E-state index is 14.3. The Labute approximate surface area is 150 Å². The Hall–Kier alpha value is -2.48. The fraction of sp³-hybridized carbons (Fsp3) is 0.190. The van der Waals surface area contributed by atoms with Crippen molar-refractivity contribution in [3.8, 4) is 6.07 Å². The van der Waals surface area contributed by atoms with E-state index >= 15 is 0 Å². The fourth-order valence-electron chi connectivity index (χ4n) is 3.55. The number of nitrogens with zero attached hydrogens (tertiary/aromatic N) is 2. The summed E-state index contributed by atoms with van der Waals surface area (Å²) < 4.78 is 14.3.